The Balaban J connectivity index is 3.54. The summed E-state index contributed by atoms with van der Waals surface area (Å²) >= 11 is 5.51. The first kappa shape index (κ1) is 24.9. The monoisotopic (exact) mass is 378 g/mol. The van der Waals surface area contributed by atoms with Crippen LogP contribution in [0, 0.1) is 5.92 Å². The molecule has 0 aromatic heterocycles. The number of hydrogen-bond donors (Lipinski definition) is 0. The van der Waals surface area contributed by atoms with Crippen molar-refractivity contribution in [2.45, 2.75) is 84.5 Å². The van der Waals surface area contributed by atoms with Gasteiger partial charge in [-0.1, -0.05) is 81.7 Å². The lowest BCUT2D eigenvalue weighted by atomic mass is 10.00. The predicted molar refractivity (Wildman–Crippen MR) is 118 cm³/mol. The Kier molecular flexibility index (Phi) is 19.4. The Bertz CT molecular complexity index is 431. The molecule has 0 N–H and O–H groups in total. The van der Waals surface area contributed by atoms with E-state index in [1.54, 1.807) is 0 Å². The zero-order chi connectivity index (χ0) is 19.3. The Hall–Kier alpha value is -1.08. The number of ketones is 1. The van der Waals surface area contributed by atoms with Crippen LogP contribution in [0.25, 0.3) is 0 Å². The average molecular weight is 379 g/mol. The highest BCUT2D eigenvalue weighted by atomic mass is 35.5. The maximum absolute atomic E-state index is 11.2. The van der Waals surface area contributed by atoms with Gasteiger partial charge < -0.3 is 0 Å². The van der Waals surface area contributed by atoms with Crippen LogP contribution in [-0.4, -0.2) is 11.7 Å². The van der Waals surface area contributed by atoms with Crippen LogP contribution in [0.4, 0.5) is 0 Å². The highest BCUT2D eigenvalue weighted by Gasteiger charge is 2.04. The SMILES string of the molecule is CCCCCCC=CCC=CCC=CCC=CCC(C)CCC(=O)CCl. The maximum atomic E-state index is 11.2. The molecule has 0 aromatic rings. The molecule has 0 saturated carbocycles. The molecule has 1 atom stereocenters. The van der Waals surface area contributed by atoms with Crippen LogP contribution in [0.15, 0.2) is 48.6 Å². The van der Waals surface area contributed by atoms with E-state index >= 15 is 0 Å². The van der Waals surface area contributed by atoms with E-state index in [1.807, 2.05) is 0 Å². The summed E-state index contributed by atoms with van der Waals surface area (Å²) in [6.45, 7) is 4.44. The molecule has 1 nitrogen and oxygen atoms in total. The molecule has 0 aliphatic rings. The van der Waals surface area contributed by atoms with Gasteiger partial charge in [0.1, 0.15) is 5.78 Å². The second kappa shape index (κ2) is 20.2. The van der Waals surface area contributed by atoms with Gasteiger partial charge in [-0.2, -0.15) is 0 Å². The van der Waals surface area contributed by atoms with Crippen LogP contribution in [-0.2, 0) is 4.79 Å². The number of carbonyl (C=O) groups excluding carboxylic acids is 1. The minimum absolute atomic E-state index is 0.150. The van der Waals surface area contributed by atoms with Crippen LogP contribution < -0.4 is 0 Å². The minimum atomic E-state index is 0.150. The lowest BCUT2D eigenvalue weighted by Gasteiger charge is -2.06. The lowest BCUT2D eigenvalue weighted by Crippen LogP contribution is -2.02. The first-order chi connectivity index (χ1) is 12.7. The van der Waals surface area contributed by atoms with Crippen LogP contribution in [0.1, 0.15) is 84.5 Å². The van der Waals surface area contributed by atoms with Crippen molar-refractivity contribution >= 4 is 17.4 Å². The normalized spacial score (nSPS) is 13.7. The fraction of sp³-hybridized carbons (Fsp3) is 0.625. The third-order valence-corrected chi connectivity index (χ3v) is 4.61. The average Bonchev–Trinajstić information content (AvgIpc) is 2.65. The molecule has 0 aliphatic carbocycles. The molecule has 0 spiro atoms. The molecule has 0 aromatic carbocycles. The lowest BCUT2D eigenvalue weighted by molar-refractivity contribution is -0.117. The Morgan fingerprint density at radius 1 is 0.846 bits per heavy atom. The first-order valence-electron chi connectivity index (χ1n) is 10.4. The summed E-state index contributed by atoms with van der Waals surface area (Å²) in [5, 5.41) is 0. The summed E-state index contributed by atoms with van der Waals surface area (Å²) in [5.74, 6) is 0.850. The Morgan fingerprint density at radius 3 is 2.00 bits per heavy atom. The van der Waals surface area contributed by atoms with Gasteiger partial charge in [0.15, 0.2) is 0 Å². The minimum Gasteiger partial charge on any atom is -0.298 e. The van der Waals surface area contributed by atoms with Gasteiger partial charge in [0.05, 0.1) is 5.88 Å². The van der Waals surface area contributed by atoms with Crippen molar-refractivity contribution in [1.82, 2.24) is 0 Å². The summed E-state index contributed by atoms with van der Waals surface area (Å²) in [6, 6.07) is 0. The van der Waals surface area contributed by atoms with E-state index < -0.39 is 0 Å². The fourth-order valence-corrected chi connectivity index (χ4v) is 2.67. The van der Waals surface area contributed by atoms with Crippen LogP contribution in [0.5, 0.6) is 0 Å². The van der Waals surface area contributed by atoms with E-state index in [-0.39, 0.29) is 11.7 Å². The van der Waals surface area contributed by atoms with Crippen molar-refractivity contribution in [2.75, 3.05) is 5.88 Å². The molecule has 0 rings (SSSR count). The number of carbonyl (C=O) groups is 1. The van der Waals surface area contributed by atoms with E-state index in [9.17, 15) is 4.79 Å². The molecule has 1 unspecified atom stereocenters. The molecule has 148 valence electrons. The second-order valence-corrected chi connectivity index (χ2v) is 7.26. The standard InChI is InChI=1S/C24H39ClO/c1-3-4-5-6-7-8-9-10-11-12-13-14-15-16-17-18-19-23(2)20-21-24(26)22-25/h8-9,11-12,14-15,17-18,23H,3-7,10,13,16,19-22H2,1-2H3. The number of hydrogen-bond acceptors (Lipinski definition) is 1. The van der Waals surface area contributed by atoms with Crippen LogP contribution in [0.3, 0.4) is 0 Å². The van der Waals surface area contributed by atoms with Gasteiger partial charge in [-0.3, -0.25) is 4.79 Å². The van der Waals surface area contributed by atoms with E-state index in [0.717, 1.165) is 32.1 Å². The second-order valence-electron chi connectivity index (χ2n) is 6.99. The molecule has 0 bridgehead atoms. The van der Waals surface area contributed by atoms with Crippen molar-refractivity contribution in [2.24, 2.45) is 5.92 Å². The largest absolute Gasteiger partial charge is 0.298 e. The number of unbranched alkanes of at least 4 members (excludes halogenated alkanes) is 4. The van der Waals surface area contributed by atoms with Gasteiger partial charge in [0.25, 0.3) is 0 Å². The van der Waals surface area contributed by atoms with Gasteiger partial charge in [0.2, 0.25) is 0 Å². The molecule has 0 saturated heterocycles. The molecule has 0 radical (unpaired) electrons. The predicted octanol–water partition coefficient (Wildman–Crippen LogP) is 7.97. The third-order valence-electron chi connectivity index (χ3n) is 4.31. The first-order valence-corrected chi connectivity index (χ1v) is 10.9. The van der Waals surface area contributed by atoms with Gasteiger partial charge in [-0.05, 0) is 50.9 Å². The molecule has 0 aliphatic heterocycles. The fourth-order valence-electron chi connectivity index (χ4n) is 2.54. The molecular formula is C24H39ClO. The van der Waals surface area contributed by atoms with Gasteiger partial charge in [-0.25, -0.2) is 0 Å². The Labute approximate surface area is 167 Å². The highest BCUT2D eigenvalue weighted by Crippen LogP contribution is 2.12. The van der Waals surface area contributed by atoms with E-state index in [2.05, 4.69) is 62.5 Å². The van der Waals surface area contributed by atoms with E-state index in [0.29, 0.717) is 12.3 Å². The molecular weight excluding hydrogens is 340 g/mol. The number of rotatable bonds is 17. The van der Waals surface area contributed by atoms with Crippen LogP contribution >= 0.6 is 11.6 Å². The van der Waals surface area contributed by atoms with Gasteiger partial charge in [0, 0.05) is 6.42 Å². The molecule has 26 heavy (non-hydrogen) atoms. The van der Waals surface area contributed by atoms with Crippen molar-refractivity contribution in [3.8, 4) is 0 Å². The number of alkyl halides is 1. The summed E-state index contributed by atoms with van der Waals surface area (Å²) < 4.78 is 0. The number of allylic oxidation sites excluding steroid dienone is 8. The zero-order valence-electron chi connectivity index (χ0n) is 17.0. The van der Waals surface area contributed by atoms with Crippen molar-refractivity contribution in [3.63, 3.8) is 0 Å². The summed E-state index contributed by atoms with van der Waals surface area (Å²) in [5.41, 5.74) is 0. The van der Waals surface area contributed by atoms with Crippen molar-refractivity contribution in [1.29, 1.82) is 0 Å². The number of Topliss-reactive ketones (excluding diaryl/α,β-unsaturated/α-hetero) is 1. The quantitative estimate of drug-likeness (QED) is 0.142. The summed E-state index contributed by atoms with van der Waals surface area (Å²) in [6.07, 6.45) is 30.1. The van der Waals surface area contributed by atoms with E-state index in [4.69, 9.17) is 11.6 Å². The zero-order valence-corrected chi connectivity index (χ0v) is 17.7. The third kappa shape index (κ3) is 19.2. The summed E-state index contributed by atoms with van der Waals surface area (Å²) in [7, 11) is 0. The smallest absolute Gasteiger partial charge is 0.147 e. The molecule has 2 heteroatoms. The van der Waals surface area contributed by atoms with Crippen molar-refractivity contribution in [3.05, 3.63) is 48.6 Å². The molecule has 0 fully saturated rings. The highest BCUT2D eigenvalue weighted by molar-refractivity contribution is 6.27. The molecule has 0 amide bonds. The Morgan fingerprint density at radius 2 is 1.42 bits per heavy atom. The number of halogens is 1. The topological polar surface area (TPSA) is 17.1 Å². The molecule has 0 heterocycles. The van der Waals surface area contributed by atoms with Crippen molar-refractivity contribution < 1.29 is 4.79 Å². The van der Waals surface area contributed by atoms with Gasteiger partial charge in [-0.15, -0.1) is 11.6 Å². The van der Waals surface area contributed by atoms with Crippen LogP contribution in [0.2, 0.25) is 0 Å². The summed E-state index contributed by atoms with van der Waals surface area (Å²) in [4.78, 5) is 11.2. The van der Waals surface area contributed by atoms with E-state index in [1.165, 1.54) is 32.1 Å². The maximum Gasteiger partial charge on any atom is 0.147 e. The van der Waals surface area contributed by atoms with Gasteiger partial charge >= 0.3 is 0 Å².